The van der Waals surface area contributed by atoms with Crippen molar-refractivity contribution in [3.63, 3.8) is 0 Å². The van der Waals surface area contributed by atoms with Crippen LogP contribution < -0.4 is 4.74 Å². The van der Waals surface area contributed by atoms with E-state index in [1.807, 2.05) is 74.4 Å². The first-order chi connectivity index (χ1) is 13.8. The lowest BCUT2D eigenvalue weighted by Gasteiger charge is -2.22. The second-order valence-electron chi connectivity index (χ2n) is 8.12. The van der Waals surface area contributed by atoms with Gasteiger partial charge in [0.25, 0.3) is 0 Å². The molecule has 0 radical (unpaired) electrons. The van der Waals surface area contributed by atoms with Crippen LogP contribution in [0.2, 0.25) is 0 Å². The standard InChI is InChI=1S/C24H29NO4/c1-24(2,3)28-23(26)22-16-20(13-10-18-11-14-21(27-4)15-12-18)25(29-22)17-19-8-6-5-7-9-19/h5-15,20,22H,16-17H2,1-4H3/b13-10+/t20-,22-/m0/s1. The Hall–Kier alpha value is -2.63. The predicted octanol–water partition coefficient (Wildman–Crippen LogP) is 4.62. The minimum atomic E-state index is -0.608. The number of nitrogens with zero attached hydrogens (tertiary/aromatic N) is 1. The molecule has 0 aliphatic carbocycles. The first-order valence-corrected chi connectivity index (χ1v) is 9.86. The summed E-state index contributed by atoms with van der Waals surface area (Å²) < 4.78 is 10.7. The monoisotopic (exact) mass is 395 g/mol. The molecule has 1 fully saturated rings. The SMILES string of the molecule is COc1ccc(/C=C/[C@H]2C[C@@H](C(=O)OC(C)(C)C)ON2Cc2ccccc2)cc1. The van der Waals surface area contributed by atoms with Gasteiger partial charge in [-0.2, -0.15) is 5.06 Å². The first-order valence-electron chi connectivity index (χ1n) is 9.86. The summed E-state index contributed by atoms with van der Waals surface area (Å²) in [5.41, 5.74) is 1.65. The van der Waals surface area contributed by atoms with E-state index in [1.165, 1.54) is 0 Å². The van der Waals surface area contributed by atoms with Crippen LogP contribution in [0.25, 0.3) is 6.08 Å². The van der Waals surface area contributed by atoms with Gasteiger partial charge in [0, 0.05) is 13.0 Å². The fourth-order valence-corrected chi connectivity index (χ4v) is 3.16. The van der Waals surface area contributed by atoms with Crippen LogP contribution in [0.1, 0.15) is 38.3 Å². The minimum Gasteiger partial charge on any atom is -0.497 e. The molecule has 0 bridgehead atoms. The fourth-order valence-electron chi connectivity index (χ4n) is 3.16. The zero-order chi connectivity index (χ0) is 20.9. The van der Waals surface area contributed by atoms with E-state index in [9.17, 15) is 4.79 Å². The summed E-state index contributed by atoms with van der Waals surface area (Å²) in [5, 5.41) is 1.87. The molecule has 1 aliphatic rings. The van der Waals surface area contributed by atoms with Crippen molar-refractivity contribution in [3.8, 4) is 5.75 Å². The van der Waals surface area contributed by atoms with Crippen LogP contribution in [0.15, 0.2) is 60.7 Å². The number of carbonyl (C=O) groups is 1. The predicted molar refractivity (Wildman–Crippen MR) is 113 cm³/mol. The molecule has 5 heteroatoms. The Morgan fingerprint density at radius 1 is 1.14 bits per heavy atom. The quantitative estimate of drug-likeness (QED) is 0.668. The lowest BCUT2D eigenvalue weighted by atomic mass is 10.1. The van der Waals surface area contributed by atoms with E-state index in [4.69, 9.17) is 14.3 Å². The molecular weight excluding hydrogens is 366 g/mol. The lowest BCUT2D eigenvalue weighted by Crippen LogP contribution is -2.32. The van der Waals surface area contributed by atoms with Crippen LogP contribution in [-0.2, 0) is 20.9 Å². The highest BCUT2D eigenvalue weighted by Gasteiger charge is 2.38. The van der Waals surface area contributed by atoms with Gasteiger partial charge < -0.3 is 9.47 Å². The summed E-state index contributed by atoms with van der Waals surface area (Å²) >= 11 is 0. The number of ether oxygens (including phenoxy) is 2. The number of carbonyl (C=O) groups excluding carboxylic acids is 1. The van der Waals surface area contributed by atoms with E-state index in [1.54, 1.807) is 7.11 Å². The number of hydroxylamine groups is 2. The van der Waals surface area contributed by atoms with Crippen molar-refractivity contribution < 1.29 is 19.1 Å². The van der Waals surface area contributed by atoms with E-state index < -0.39 is 11.7 Å². The molecule has 2 aromatic carbocycles. The van der Waals surface area contributed by atoms with Gasteiger partial charge in [0.05, 0.1) is 13.2 Å². The van der Waals surface area contributed by atoms with Gasteiger partial charge in [-0.05, 0) is 44.0 Å². The van der Waals surface area contributed by atoms with Gasteiger partial charge in [-0.25, -0.2) is 4.79 Å². The van der Waals surface area contributed by atoms with Gasteiger partial charge in [0.1, 0.15) is 11.4 Å². The molecule has 0 aromatic heterocycles. The minimum absolute atomic E-state index is 0.0326. The van der Waals surface area contributed by atoms with Gasteiger partial charge >= 0.3 is 5.97 Å². The van der Waals surface area contributed by atoms with Crippen molar-refractivity contribution >= 4 is 12.0 Å². The Morgan fingerprint density at radius 3 is 2.45 bits per heavy atom. The molecule has 1 heterocycles. The first kappa shape index (κ1) is 21.1. The van der Waals surface area contributed by atoms with Crippen molar-refractivity contribution in [3.05, 3.63) is 71.8 Å². The second-order valence-corrected chi connectivity index (χ2v) is 8.12. The summed E-state index contributed by atoms with van der Waals surface area (Å²) in [6.07, 6.45) is 4.07. The van der Waals surface area contributed by atoms with E-state index in [2.05, 4.69) is 18.2 Å². The zero-order valence-corrected chi connectivity index (χ0v) is 17.5. The van der Waals surface area contributed by atoms with Crippen LogP contribution in [0, 0.1) is 0 Å². The van der Waals surface area contributed by atoms with E-state index in [-0.39, 0.29) is 12.0 Å². The van der Waals surface area contributed by atoms with Crippen molar-refractivity contribution in [2.45, 2.75) is 51.5 Å². The normalized spacial score (nSPS) is 20.1. The largest absolute Gasteiger partial charge is 0.497 e. The third kappa shape index (κ3) is 6.17. The molecule has 154 valence electrons. The summed E-state index contributed by atoms with van der Waals surface area (Å²) in [5.74, 6) is 0.498. The lowest BCUT2D eigenvalue weighted by molar-refractivity contribution is -0.197. The average molecular weight is 395 g/mol. The van der Waals surface area contributed by atoms with E-state index in [0.717, 1.165) is 16.9 Å². The molecule has 1 saturated heterocycles. The van der Waals surface area contributed by atoms with Gasteiger partial charge in [-0.1, -0.05) is 54.6 Å². The Balaban J connectivity index is 1.74. The Morgan fingerprint density at radius 2 is 1.83 bits per heavy atom. The number of hydrogen-bond acceptors (Lipinski definition) is 5. The smallest absolute Gasteiger partial charge is 0.338 e. The maximum Gasteiger partial charge on any atom is 0.338 e. The van der Waals surface area contributed by atoms with Gasteiger partial charge in [0.15, 0.2) is 6.10 Å². The van der Waals surface area contributed by atoms with Crippen molar-refractivity contribution in [1.82, 2.24) is 5.06 Å². The van der Waals surface area contributed by atoms with Crippen LogP contribution in [0.3, 0.4) is 0 Å². The highest BCUT2D eigenvalue weighted by atomic mass is 16.7. The van der Waals surface area contributed by atoms with Crippen LogP contribution >= 0.6 is 0 Å². The van der Waals surface area contributed by atoms with Gasteiger partial charge in [0.2, 0.25) is 0 Å². The van der Waals surface area contributed by atoms with Crippen LogP contribution in [0.4, 0.5) is 0 Å². The third-order valence-electron chi connectivity index (χ3n) is 4.57. The molecule has 2 aromatic rings. The topological polar surface area (TPSA) is 48.0 Å². The highest BCUT2D eigenvalue weighted by Crippen LogP contribution is 2.27. The highest BCUT2D eigenvalue weighted by molar-refractivity contribution is 5.75. The summed E-state index contributed by atoms with van der Waals surface area (Å²) in [4.78, 5) is 18.5. The molecule has 29 heavy (non-hydrogen) atoms. The second kappa shape index (κ2) is 9.25. The molecule has 0 N–H and O–H groups in total. The summed E-state index contributed by atoms with van der Waals surface area (Å²) in [7, 11) is 1.65. The van der Waals surface area contributed by atoms with Crippen molar-refractivity contribution in [2.75, 3.05) is 7.11 Å². The maximum absolute atomic E-state index is 12.5. The zero-order valence-electron chi connectivity index (χ0n) is 17.5. The average Bonchev–Trinajstić information content (AvgIpc) is 3.09. The molecule has 1 aliphatic heterocycles. The van der Waals surface area contributed by atoms with Crippen molar-refractivity contribution in [1.29, 1.82) is 0 Å². The molecule has 0 spiro atoms. The molecule has 0 unspecified atom stereocenters. The molecule has 0 saturated carbocycles. The molecule has 0 amide bonds. The maximum atomic E-state index is 12.5. The fraction of sp³-hybridized carbons (Fsp3) is 0.375. The number of hydrogen-bond donors (Lipinski definition) is 0. The third-order valence-corrected chi connectivity index (χ3v) is 4.57. The number of esters is 1. The van der Waals surface area contributed by atoms with E-state index >= 15 is 0 Å². The number of methoxy groups -OCH3 is 1. The number of rotatable bonds is 6. The van der Waals surface area contributed by atoms with Crippen LogP contribution in [-0.4, -0.2) is 35.9 Å². The van der Waals surface area contributed by atoms with Gasteiger partial charge in [-0.3, -0.25) is 4.84 Å². The molecule has 3 rings (SSSR count). The van der Waals surface area contributed by atoms with Crippen LogP contribution in [0.5, 0.6) is 5.75 Å². The Bertz CT molecular complexity index is 824. The summed E-state index contributed by atoms with van der Waals surface area (Å²) in [6.45, 7) is 6.19. The van der Waals surface area contributed by atoms with E-state index in [0.29, 0.717) is 13.0 Å². The molecular formula is C24H29NO4. The van der Waals surface area contributed by atoms with Gasteiger partial charge in [-0.15, -0.1) is 0 Å². The molecule has 2 atom stereocenters. The summed E-state index contributed by atoms with van der Waals surface area (Å²) in [6, 6.07) is 17.9. The Kier molecular flexibility index (Phi) is 6.72. The Labute approximate surface area is 172 Å². The van der Waals surface area contributed by atoms with Crippen molar-refractivity contribution in [2.24, 2.45) is 0 Å². The number of benzene rings is 2. The molecule has 5 nitrogen and oxygen atoms in total.